The van der Waals surface area contributed by atoms with E-state index in [1.807, 2.05) is 6.08 Å². The Hall–Kier alpha value is -2.79. The van der Waals surface area contributed by atoms with Crippen molar-refractivity contribution in [3.05, 3.63) is 12.2 Å². The molecule has 1 aliphatic carbocycles. The first-order valence-corrected chi connectivity index (χ1v) is 10.6. The van der Waals surface area contributed by atoms with Gasteiger partial charge in [0.1, 0.15) is 19.0 Å². The number of allylic oxidation sites excluding steroid dienone is 1. The van der Waals surface area contributed by atoms with Crippen LogP contribution in [0.25, 0.3) is 0 Å². The molecule has 0 spiro atoms. The number of carbonyl (C=O) groups excluding carboxylic acids is 5. The molecule has 0 aromatic rings. The lowest BCUT2D eigenvalue weighted by molar-refractivity contribution is -0.318. The number of ether oxygens (including phenoxy) is 6. The van der Waals surface area contributed by atoms with Crippen molar-refractivity contribution in [1.82, 2.24) is 0 Å². The third-order valence-electron chi connectivity index (χ3n) is 5.31. The molecule has 33 heavy (non-hydrogen) atoms. The van der Waals surface area contributed by atoms with Gasteiger partial charge in [0.2, 0.25) is 0 Å². The molecule has 7 atom stereocenters. The van der Waals surface area contributed by atoms with Crippen LogP contribution in [-0.2, 0) is 52.4 Å². The summed E-state index contributed by atoms with van der Waals surface area (Å²) in [5.74, 6) is -2.81. The topological polar surface area (TPSA) is 141 Å². The van der Waals surface area contributed by atoms with Crippen LogP contribution in [0.4, 0.5) is 0 Å². The van der Waals surface area contributed by atoms with Gasteiger partial charge in [0.25, 0.3) is 0 Å². The molecule has 2 rings (SSSR count). The smallest absolute Gasteiger partial charge is 0.303 e. The number of rotatable bonds is 8. The van der Waals surface area contributed by atoms with Crippen molar-refractivity contribution in [2.75, 3.05) is 6.61 Å². The predicted octanol–water partition coefficient (Wildman–Crippen LogP) is 1.01. The highest BCUT2D eigenvalue weighted by Gasteiger charge is 2.54. The van der Waals surface area contributed by atoms with Crippen molar-refractivity contribution in [1.29, 1.82) is 0 Å². The maximum Gasteiger partial charge on any atom is 0.303 e. The van der Waals surface area contributed by atoms with E-state index >= 15 is 0 Å². The van der Waals surface area contributed by atoms with Gasteiger partial charge in [-0.3, -0.25) is 19.2 Å². The Morgan fingerprint density at radius 1 is 0.939 bits per heavy atom. The molecule has 0 aromatic carbocycles. The Labute approximate surface area is 191 Å². The highest BCUT2D eigenvalue weighted by Crippen LogP contribution is 2.37. The van der Waals surface area contributed by atoms with Gasteiger partial charge in [-0.05, 0) is 12.8 Å². The molecule has 0 aromatic heterocycles. The standard InChI is InChI=1S/C22H30O11/c1-12(24)28-10-16-18(29-13(2)25)19(30-14(3)26)20(31-15(4)27)21(32-16)33-17-8-6-7-9-22(17,5)11-23/h6,8,11,16-21H,7,9-10H2,1-5H3/t16-,17+,18-,19+,20-,21-,22+/m1/s1. The highest BCUT2D eigenvalue weighted by atomic mass is 16.7. The summed E-state index contributed by atoms with van der Waals surface area (Å²) in [5.41, 5.74) is -0.881. The molecular formula is C22H30O11. The van der Waals surface area contributed by atoms with Crippen molar-refractivity contribution in [3.63, 3.8) is 0 Å². The summed E-state index contributed by atoms with van der Waals surface area (Å²) in [4.78, 5) is 58.7. The minimum atomic E-state index is -1.34. The van der Waals surface area contributed by atoms with Gasteiger partial charge in [-0.25, -0.2) is 0 Å². The maximum absolute atomic E-state index is 11.9. The van der Waals surface area contributed by atoms with Gasteiger partial charge in [0, 0.05) is 27.7 Å². The Morgan fingerprint density at radius 3 is 2.06 bits per heavy atom. The molecule has 0 amide bonds. The molecule has 184 valence electrons. The summed E-state index contributed by atoms with van der Waals surface area (Å²) in [6, 6.07) is 0. The number of hydrogen-bond donors (Lipinski definition) is 0. The van der Waals surface area contributed by atoms with Gasteiger partial charge in [0.15, 0.2) is 24.6 Å². The first-order chi connectivity index (χ1) is 15.5. The van der Waals surface area contributed by atoms with Gasteiger partial charge in [-0.15, -0.1) is 0 Å². The Bertz CT molecular complexity index is 791. The summed E-state index contributed by atoms with van der Waals surface area (Å²) in [6.45, 7) is 5.96. The van der Waals surface area contributed by atoms with Crippen molar-refractivity contribution < 1.29 is 52.4 Å². The second-order valence-corrected chi connectivity index (χ2v) is 8.21. The molecule has 11 heteroatoms. The summed E-state index contributed by atoms with van der Waals surface area (Å²) < 4.78 is 33.1. The normalized spacial score (nSPS) is 33.5. The Kier molecular flexibility index (Phi) is 9.12. The van der Waals surface area contributed by atoms with Crippen LogP contribution in [-0.4, -0.2) is 73.6 Å². The molecule has 0 bridgehead atoms. The molecule has 0 N–H and O–H groups in total. The van der Waals surface area contributed by atoms with Crippen LogP contribution in [0.3, 0.4) is 0 Å². The summed E-state index contributed by atoms with van der Waals surface area (Å²) in [6.07, 6.45) is -1.61. The third-order valence-corrected chi connectivity index (χ3v) is 5.31. The molecule has 1 aliphatic heterocycles. The average Bonchev–Trinajstić information content (AvgIpc) is 2.71. The predicted molar refractivity (Wildman–Crippen MR) is 109 cm³/mol. The van der Waals surface area contributed by atoms with Crippen LogP contribution < -0.4 is 0 Å². The van der Waals surface area contributed by atoms with Crippen molar-refractivity contribution in [3.8, 4) is 0 Å². The lowest BCUT2D eigenvalue weighted by atomic mass is 9.78. The fraction of sp³-hybridized carbons (Fsp3) is 0.682. The number of esters is 4. The van der Waals surface area contributed by atoms with Crippen molar-refractivity contribution >= 4 is 30.2 Å². The fourth-order valence-electron chi connectivity index (χ4n) is 3.75. The van der Waals surface area contributed by atoms with Crippen molar-refractivity contribution in [2.24, 2.45) is 5.41 Å². The monoisotopic (exact) mass is 470 g/mol. The van der Waals surface area contributed by atoms with E-state index < -0.39 is 66.1 Å². The zero-order chi connectivity index (χ0) is 24.8. The van der Waals surface area contributed by atoms with Crippen LogP contribution in [0.5, 0.6) is 0 Å². The van der Waals surface area contributed by atoms with Crippen LogP contribution in [0.2, 0.25) is 0 Å². The molecule has 11 nitrogen and oxygen atoms in total. The summed E-state index contributed by atoms with van der Waals surface area (Å²) in [5, 5.41) is 0. The van der Waals surface area contributed by atoms with E-state index in [4.69, 9.17) is 28.4 Å². The van der Waals surface area contributed by atoms with E-state index in [9.17, 15) is 24.0 Å². The van der Waals surface area contributed by atoms with Gasteiger partial charge in [0.05, 0.1) is 11.5 Å². The molecule has 0 radical (unpaired) electrons. The van der Waals surface area contributed by atoms with E-state index in [2.05, 4.69) is 0 Å². The van der Waals surface area contributed by atoms with Gasteiger partial charge in [-0.2, -0.15) is 0 Å². The van der Waals surface area contributed by atoms with Gasteiger partial charge in [-0.1, -0.05) is 19.1 Å². The van der Waals surface area contributed by atoms with E-state index in [0.29, 0.717) is 12.8 Å². The summed E-state index contributed by atoms with van der Waals surface area (Å²) in [7, 11) is 0. The van der Waals surface area contributed by atoms with Crippen molar-refractivity contribution in [2.45, 2.75) is 84.3 Å². The number of carbonyl (C=O) groups is 5. The Balaban J connectivity index is 2.46. The second-order valence-electron chi connectivity index (χ2n) is 8.21. The van der Waals surface area contributed by atoms with E-state index in [1.165, 1.54) is 6.92 Å². The number of aldehydes is 1. The number of hydrogen-bond acceptors (Lipinski definition) is 11. The lowest BCUT2D eigenvalue weighted by Crippen LogP contribution is -2.63. The largest absolute Gasteiger partial charge is 0.463 e. The average molecular weight is 470 g/mol. The second kappa shape index (κ2) is 11.4. The highest BCUT2D eigenvalue weighted by molar-refractivity contribution is 5.68. The zero-order valence-electron chi connectivity index (χ0n) is 19.3. The fourth-order valence-corrected chi connectivity index (χ4v) is 3.75. The molecule has 1 fully saturated rings. The quantitative estimate of drug-likeness (QED) is 0.217. The third kappa shape index (κ3) is 7.10. The zero-order valence-corrected chi connectivity index (χ0v) is 19.3. The van der Waals surface area contributed by atoms with Crippen LogP contribution in [0.1, 0.15) is 47.5 Å². The minimum absolute atomic E-state index is 0.358. The molecule has 0 unspecified atom stereocenters. The molecular weight excluding hydrogens is 440 g/mol. The maximum atomic E-state index is 11.9. The van der Waals surface area contributed by atoms with E-state index in [0.717, 1.165) is 27.1 Å². The summed E-state index contributed by atoms with van der Waals surface area (Å²) >= 11 is 0. The molecule has 2 aliphatic rings. The Morgan fingerprint density at radius 2 is 1.52 bits per heavy atom. The molecule has 1 saturated heterocycles. The van der Waals surface area contributed by atoms with Gasteiger partial charge < -0.3 is 33.2 Å². The van der Waals surface area contributed by atoms with Gasteiger partial charge >= 0.3 is 23.9 Å². The minimum Gasteiger partial charge on any atom is -0.463 e. The first kappa shape index (κ1) is 26.5. The van der Waals surface area contributed by atoms with Crippen LogP contribution >= 0.6 is 0 Å². The van der Waals surface area contributed by atoms with E-state index in [1.54, 1.807) is 13.0 Å². The van der Waals surface area contributed by atoms with Crippen LogP contribution in [0, 0.1) is 5.41 Å². The van der Waals surface area contributed by atoms with Crippen LogP contribution in [0.15, 0.2) is 12.2 Å². The SMILES string of the molecule is CC(=O)OC[C@H]1O[C@H](O[C@H]2C=CCC[C@@]2(C)C=O)[C@H](OC(C)=O)[C@@H](OC(C)=O)[C@@H]1OC(C)=O. The molecule has 1 heterocycles. The first-order valence-electron chi connectivity index (χ1n) is 10.6. The van der Waals surface area contributed by atoms with E-state index in [-0.39, 0.29) is 6.61 Å². The lowest BCUT2D eigenvalue weighted by Gasteiger charge is -2.46. The molecule has 0 saturated carbocycles.